The second-order valence-electron chi connectivity index (χ2n) is 6.21. The molecule has 0 bridgehead atoms. The van der Waals surface area contributed by atoms with Gasteiger partial charge in [0.15, 0.2) is 0 Å². The minimum atomic E-state index is -3.50. The topological polar surface area (TPSA) is 83.9 Å². The van der Waals surface area contributed by atoms with E-state index in [9.17, 15) is 18.3 Å². The number of methoxy groups -OCH3 is 1. The molecule has 0 aromatic heterocycles. The van der Waals surface area contributed by atoms with Gasteiger partial charge in [-0.3, -0.25) is 0 Å². The van der Waals surface area contributed by atoms with Crippen molar-refractivity contribution in [1.29, 1.82) is 0 Å². The Morgan fingerprint density at radius 2 is 1.69 bits per heavy atom. The van der Waals surface area contributed by atoms with Gasteiger partial charge in [0.2, 0.25) is 10.0 Å². The van der Waals surface area contributed by atoms with Crippen molar-refractivity contribution in [2.45, 2.75) is 24.2 Å². The molecule has 0 spiro atoms. The number of aromatic carboxylic acids is 1. The zero-order valence-electron chi connectivity index (χ0n) is 14.5. The number of piperidine rings is 1. The van der Waals surface area contributed by atoms with E-state index in [4.69, 9.17) is 4.74 Å². The van der Waals surface area contributed by atoms with Crippen LogP contribution in [0.1, 0.15) is 29.6 Å². The lowest BCUT2D eigenvalue weighted by Crippen LogP contribution is -2.35. The van der Waals surface area contributed by atoms with Crippen LogP contribution in [0, 0.1) is 0 Å². The van der Waals surface area contributed by atoms with Crippen molar-refractivity contribution in [3.8, 4) is 16.9 Å². The highest BCUT2D eigenvalue weighted by Gasteiger charge is 2.26. The molecular weight excluding hydrogens is 354 g/mol. The normalized spacial score (nSPS) is 15.6. The van der Waals surface area contributed by atoms with Crippen molar-refractivity contribution < 1.29 is 23.1 Å². The summed E-state index contributed by atoms with van der Waals surface area (Å²) >= 11 is 0. The maximum Gasteiger partial charge on any atom is 0.336 e. The Bertz CT molecular complexity index is 900. The van der Waals surface area contributed by atoms with Gasteiger partial charge in [0.05, 0.1) is 17.6 Å². The molecule has 7 heteroatoms. The molecule has 1 aliphatic heterocycles. The molecule has 1 N–H and O–H groups in total. The molecule has 0 saturated carbocycles. The Morgan fingerprint density at radius 1 is 1.04 bits per heavy atom. The molecule has 0 unspecified atom stereocenters. The lowest BCUT2D eigenvalue weighted by Gasteiger charge is -2.25. The maximum atomic E-state index is 12.7. The third kappa shape index (κ3) is 3.59. The van der Waals surface area contributed by atoms with Crippen molar-refractivity contribution in [1.82, 2.24) is 4.31 Å². The van der Waals surface area contributed by atoms with Crippen LogP contribution in [0.25, 0.3) is 11.1 Å². The van der Waals surface area contributed by atoms with E-state index < -0.39 is 16.0 Å². The first kappa shape index (κ1) is 18.4. The van der Waals surface area contributed by atoms with Crippen LogP contribution in [0.3, 0.4) is 0 Å². The molecule has 0 aliphatic carbocycles. The molecule has 2 aromatic carbocycles. The third-order valence-electron chi connectivity index (χ3n) is 4.58. The number of hydrogen-bond acceptors (Lipinski definition) is 4. The molecule has 1 aliphatic rings. The number of nitrogens with zero attached hydrogens (tertiary/aromatic N) is 1. The zero-order chi connectivity index (χ0) is 18.7. The summed E-state index contributed by atoms with van der Waals surface area (Å²) < 4.78 is 32.0. The van der Waals surface area contributed by atoms with E-state index in [0.717, 1.165) is 19.3 Å². The van der Waals surface area contributed by atoms with Gasteiger partial charge in [0.25, 0.3) is 0 Å². The minimum absolute atomic E-state index is 0.107. The molecule has 0 radical (unpaired) electrons. The van der Waals surface area contributed by atoms with Crippen LogP contribution in [0.5, 0.6) is 5.75 Å². The van der Waals surface area contributed by atoms with Gasteiger partial charge in [-0.25, -0.2) is 13.2 Å². The molecule has 1 heterocycles. The SMILES string of the molecule is COc1ccc(-c2ccc(S(=O)(=O)N3CCCCC3)cc2)c(C(=O)O)c1. The molecule has 6 nitrogen and oxygen atoms in total. The van der Waals surface area contributed by atoms with Crippen molar-refractivity contribution in [3.63, 3.8) is 0 Å². The van der Waals surface area contributed by atoms with Crippen LogP contribution >= 0.6 is 0 Å². The van der Waals surface area contributed by atoms with Gasteiger partial charge in [0, 0.05) is 13.1 Å². The number of rotatable bonds is 5. The Labute approximate surface area is 153 Å². The highest BCUT2D eigenvalue weighted by Crippen LogP contribution is 2.29. The van der Waals surface area contributed by atoms with Crippen molar-refractivity contribution in [3.05, 3.63) is 48.0 Å². The van der Waals surface area contributed by atoms with E-state index in [1.165, 1.54) is 29.6 Å². The number of carboxylic acid groups (broad SMARTS) is 1. The Hall–Kier alpha value is -2.38. The summed E-state index contributed by atoms with van der Waals surface area (Å²) in [7, 11) is -2.03. The predicted molar refractivity (Wildman–Crippen MR) is 98.0 cm³/mol. The fourth-order valence-corrected chi connectivity index (χ4v) is 4.66. The van der Waals surface area contributed by atoms with Crippen LogP contribution in [-0.4, -0.2) is 44.0 Å². The van der Waals surface area contributed by atoms with E-state index in [1.54, 1.807) is 24.3 Å². The predicted octanol–water partition coefficient (Wildman–Crippen LogP) is 3.24. The van der Waals surface area contributed by atoms with Crippen LogP contribution < -0.4 is 4.74 Å². The summed E-state index contributed by atoms with van der Waals surface area (Å²) in [6, 6.07) is 11.2. The average Bonchev–Trinajstić information content (AvgIpc) is 2.68. The molecule has 2 aromatic rings. The molecular formula is C19H21NO5S. The van der Waals surface area contributed by atoms with E-state index in [1.807, 2.05) is 0 Å². The Kier molecular flexibility index (Phi) is 5.29. The van der Waals surface area contributed by atoms with Gasteiger partial charge in [-0.15, -0.1) is 0 Å². The van der Waals surface area contributed by atoms with Gasteiger partial charge < -0.3 is 9.84 Å². The summed E-state index contributed by atoms with van der Waals surface area (Å²) in [5.74, 6) is -0.612. The summed E-state index contributed by atoms with van der Waals surface area (Å²) in [6.45, 7) is 1.09. The standard InChI is InChI=1S/C19H21NO5S/c1-25-15-7-10-17(18(13-15)19(21)22)14-5-8-16(9-6-14)26(23,24)20-11-3-2-4-12-20/h5-10,13H,2-4,11-12H2,1H3,(H,21,22). The van der Waals surface area contributed by atoms with Crippen LogP contribution in [0.4, 0.5) is 0 Å². The minimum Gasteiger partial charge on any atom is -0.497 e. The summed E-state index contributed by atoms with van der Waals surface area (Å²) in [6.07, 6.45) is 2.82. The molecule has 0 atom stereocenters. The van der Waals surface area contributed by atoms with Crippen molar-refractivity contribution in [2.75, 3.05) is 20.2 Å². The monoisotopic (exact) mass is 375 g/mol. The van der Waals surface area contributed by atoms with Crippen molar-refractivity contribution >= 4 is 16.0 Å². The number of sulfonamides is 1. The number of hydrogen-bond donors (Lipinski definition) is 1. The fraction of sp³-hybridized carbons (Fsp3) is 0.316. The van der Waals surface area contributed by atoms with Crippen molar-refractivity contribution in [2.24, 2.45) is 0 Å². The van der Waals surface area contributed by atoms with Crippen LogP contribution in [0.15, 0.2) is 47.4 Å². The first-order chi connectivity index (χ1) is 12.4. The summed E-state index contributed by atoms with van der Waals surface area (Å²) in [4.78, 5) is 11.8. The molecule has 1 saturated heterocycles. The first-order valence-corrected chi connectivity index (χ1v) is 9.89. The van der Waals surface area contributed by atoms with Gasteiger partial charge in [-0.1, -0.05) is 18.6 Å². The molecule has 138 valence electrons. The lowest BCUT2D eigenvalue weighted by atomic mass is 9.99. The van der Waals surface area contributed by atoms with Crippen LogP contribution in [-0.2, 0) is 10.0 Å². The molecule has 26 heavy (non-hydrogen) atoms. The van der Waals surface area contributed by atoms with E-state index in [2.05, 4.69) is 0 Å². The number of carbonyl (C=O) groups is 1. The van der Waals surface area contributed by atoms with Gasteiger partial charge in [-0.2, -0.15) is 4.31 Å². The maximum absolute atomic E-state index is 12.7. The summed E-state index contributed by atoms with van der Waals surface area (Å²) in [5, 5.41) is 9.44. The zero-order valence-corrected chi connectivity index (χ0v) is 15.3. The van der Waals surface area contributed by atoms with Crippen LogP contribution in [0.2, 0.25) is 0 Å². The van der Waals surface area contributed by atoms with E-state index >= 15 is 0 Å². The van der Waals surface area contributed by atoms with Gasteiger partial charge in [-0.05, 0) is 54.3 Å². The number of ether oxygens (including phenoxy) is 1. The van der Waals surface area contributed by atoms with E-state index in [-0.39, 0.29) is 10.5 Å². The average molecular weight is 375 g/mol. The highest BCUT2D eigenvalue weighted by atomic mass is 32.2. The third-order valence-corrected chi connectivity index (χ3v) is 6.49. The smallest absolute Gasteiger partial charge is 0.336 e. The van der Waals surface area contributed by atoms with Gasteiger partial charge >= 0.3 is 5.97 Å². The fourth-order valence-electron chi connectivity index (χ4n) is 3.14. The Morgan fingerprint density at radius 3 is 2.27 bits per heavy atom. The first-order valence-electron chi connectivity index (χ1n) is 8.45. The quantitative estimate of drug-likeness (QED) is 0.867. The second kappa shape index (κ2) is 7.47. The lowest BCUT2D eigenvalue weighted by molar-refractivity contribution is 0.0697. The van der Waals surface area contributed by atoms with Gasteiger partial charge in [0.1, 0.15) is 5.75 Å². The highest BCUT2D eigenvalue weighted by molar-refractivity contribution is 7.89. The molecule has 0 amide bonds. The second-order valence-corrected chi connectivity index (χ2v) is 8.14. The number of carboxylic acids is 1. The molecule has 3 rings (SSSR count). The Balaban J connectivity index is 1.94. The number of benzene rings is 2. The van der Waals surface area contributed by atoms with E-state index in [0.29, 0.717) is 30.0 Å². The summed E-state index contributed by atoms with van der Waals surface area (Å²) in [5.41, 5.74) is 1.26. The largest absolute Gasteiger partial charge is 0.497 e. The molecule has 1 fully saturated rings.